The lowest BCUT2D eigenvalue weighted by Gasteiger charge is -2.09. The molecular formula is C20H22N2O2. The molecule has 0 bridgehead atoms. The van der Waals surface area contributed by atoms with Crippen molar-refractivity contribution in [3.63, 3.8) is 0 Å². The highest BCUT2D eigenvalue weighted by Gasteiger charge is 2.11. The molecule has 4 heteroatoms. The van der Waals surface area contributed by atoms with Gasteiger partial charge in [0.25, 0.3) is 0 Å². The number of para-hydroxylation sites is 1. The van der Waals surface area contributed by atoms with Gasteiger partial charge in [0.05, 0.1) is 17.9 Å². The Morgan fingerprint density at radius 2 is 1.83 bits per heavy atom. The van der Waals surface area contributed by atoms with E-state index in [-0.39, 0.29) is 0 Å². The molecule has 1 N–H and O–H groups in total. The van der Waals surface area contributed by atoms with Gasteiger partial charge in [-0.2, -0.15) is 0 Å². The zero-order valence-electron chi connectivity index (χ0n) is 13.9. The lowest BCUT2D eigenvalue weighted by Crippen LogP contribution is -2.04. The van der Waals surface area contributed by atoms with Gasteiger partial charge in [0, 0.05) is 12.6 Å². The summed E-state index contributed by atoms with van der Waals surface area (Å²) in [5, 5.41) is 7.13. The fourth-order valence-corrected chi connectivity index (χ4v) is 2.60. The second-order valence-electron chi connectivity index (χ2n) is 5.65. The maximum atomic E-state index is 5.98. The number of hydrogen-bond donors (Lipinski definition) is 1. The van der Waals surface area contributed by atoms with E-state index in [4.69, 9.17) is 9.26 Å². The average molecular weight is 322 g/mol. The number of aromatic nitrogens is 1. The van der Waals surface area contributed by atoms with Crippen molar-refractivity contribution >= 4 is 0 Å². The van der Waals surface area contributed by atoms with Crippen LogP contribution >= 0.6 is 0 Å². The van der Waals surface area contributed by atoms with Crippen molar-refractivity contribution in [1.29, 1.82) is 0 Å². The lowest BCUT2D eigenvalue weighted by molar-refractivity contribution is 0.311. The summed E-state index contributed by atoms with van der Waals surface area (Å²) < 4.78 is 11.4. The Balaban J connectivity index is 1.61. The molecule has 3 aromatic rings. The zero-order valence-corrected chi connectivity index (χ0v) is 13.9. The van der Waals surface area contributed by atoms with Crippen LogP contribution in [-0.2, 0) is 13.0 Å². The molecule has 0 aliphatic carbocycles. The highest BCUT2D eigenvalue weighted by molar-refractivity contribution is 5.65. The van der Waals surface area contributed by atoms with E-state index in [1.165, 1.54) is 5.56 Å². The summed E-state index contributed by atoms with van der Waals surface area (Å²) in [6.45, 7) is 1.35. The van der Waals surface area contributed by atoms with Gasteiger partial charge in [0.2, 0.25) is 0 Å². The summed E-state index contributed by atoms with van der Waals surface area (Å²) in [5.41, 5.74) is 3.15. The fourth-order valence-electron chi connectivity index (χ4n) is 2.60. The quantitative estimate of drug-likeness (QED) is 0.635. The minimum atomic E-state index is 0.670. The molecule has 0 amide bonds. The Bertz CT molecular complexity index is 753. The first-order chi connectivity index (χ1) is 11.9. The summed E-state index contributed by atoms with van der Waals surface area (Å²) in [6, 6.07) is 20.3. The van der Waals surface area contributed by atoms with Crippen molar-refractivity contribution in [3.8, 4) is 17.1 Å². The Labute approximate surface area is 142 Å². The predicted octanol–water partition coefficient (Wildman–Crippen LogP) is 4.07. The van der Waals surface area contributed by atoms with Crippen LogP contribution in [0.3, 0.4) is 0 Å². The number of ether oxygens (including phenoxy) is 1. The van der Waals surface area contributed by atoms with Crippen molar-refractivity contribution in [2.45, 2.75) is 19.4 Å². The summed E-state index contributed by atoms with van der Waals surface area (Å²) in [7, 11) is 1.89. The van der Waals surface area contributed by atoms with E-state index in [0.717, 1.165) is 35.6 Å². The standard InChI is InChI=1S/C20H22N2O2/c1-21-15-17-14-20(24-22-17)18-11-5-6-12-19(18)23-13-7-10-16-8-3-2-4-9-16/h2-6,8-9,11-12,14,21H,7,10,13,15H2,1H3. The smallest absolute Gasteiger partial charge is 0.170 e. The molecule has 0 spiro atoms. The minimum Gasteiger partial charge on any atom is -0.493 e. The molecule has 0 saturated carbocycles. The molecule has 2 aromatic carbocycles. The second kappa shape index (κ2) is 8.31. The van der Waals surface area contributed by atoms with Gasteiger partial charge in [-0.1, -0.05) is 47.6 Å². The SMILES string of the molecule is CNCc1cc(-c2ccccc2OCCCc2ccccc2)on1. The highest BCUT2D eigenvalue weighted by Crippen LogP contribution is 2.30. The maximum Gasteiger partial charge on any atom is 0.170 e. The zero-order chi connectivity index (χ0) is 16.6. The van der Waals surface area contributed by atoms with Crippen LogP contribution in [0.15, 0.2) is 65.2 Å². The molecule has 0 aliphatic rings. The monoisotopic (exact) mass is 322 g/mol. The molecule has 3 rings (SSSR count). The molecule has 124 valence electrons. The Morgan fingerprint density at radius 3 is 2.67 bits per heavy atom. The van der Waals surface area contributed by atoms with Crippen LogP contribution in [-0.4, -0.2) is 18.8 Å². The molecule has 24 heavy (non-hydrogen) atoms. The molecule has 0 radical (unpaired) electrons. The second-order valence-corrected chi connectivity index (χ2v) is 5.65. The van der Waals surface area contributed by atoms with Crippen molar-refractivity contribution in [3.05, 3.63) is 71.9 Å². The third-order valence-electron chi connectivity index (χ3n) is 3.78. The van der Waals surface area contributed by atoms with Crippen LogP contribution in [0.5, 0.6) is 5.75 Å². The normalized spacial score (nSPS) is 10.7. The summed E-state index contributed by atoms with van der Waals surface area (Å²) in [6.07, 6.45) is 1.98. The summed E-state index contributed by atoms with van der Waals surface area (Å²) >= 11 is 0. The molecule has 1 heterocycles. The van der Waals surface area contributed by atoms with E-state index in [0.29, 0.717) is 13.2 Å². The molecule has 0 saturated heterocycles. The molecule has 0 unspecified atom stereocenters. The van der Waals surface area contributed by atoms with Crippen LogP contribution in [0.4, 0.5) is 0 Å². The fraction of sp³-hybridized carbons (Fsp3) is 0.250. The third kappa shape index (κ3) is 4.24. The van der Waals surface area contributed by atoms with Gasteiger partial charge in [-0.15, -0.1) is 0 Å². The van der Waals surface area contributed by atoms with Gasteiger partial charge in [-0.05, 0) is 37.6 Å². The number of nitrogens with one attached hydrogen (secondary N) is 1. The summed E-state index contributed by atoms with van der Waals surface area (Å²) in [4.78, 5) is 0. The van der Waals surface area contributed by atoms with E-state index in [1.807, 2.05) is 43.4 Å². The molecule has 0 atom stereocenters. The van der Waals surface area contributed by atoms with E-state index in [9.17, 15) is 0 Å². The van der Waals surface area contributed by atoms with Crippen LogP contribution in [0.2, 0.25) is 0 Å². The van der Waals surface area contributed by atoms with Crippen LogP contribution in [0, 0.1) is 0 Å². The van der Waals surface area contributed by atoms with Crippen molar-refractivity contribution in [2.24, 2.45) is 0 Å². The lowest BCUT2D eigenvalue weighted by atomic mass is 10.1. The van der Waals surface area contributed by atoms with Crippen LogP contribution in [0.1, 0.15) is 17.7 Å². The molecular weight excluding hydrogens is 300 g/mol. The minimum absolute atomic E-state index is 0.670. The molecule has 0 fully saturated rings. The number of rotatable bonds is 8. The first-order valence-corrected chi connectivity index (χ1v) is 8.23. The molecule has 0 aliphatic heterocycles. The first-order valence-electron chi connectivity index (χ1n) is 8.23. The van der Waals surface area contributed by atoms with Crippen molar-refractivity contribution < 1.29 is 9.26 Å². The van der Waals surface area contributed by atoms with E-state index >= 15 is 0 Å². The number of benzene rings is 2. The van der Waals surface area contributed by atoms with Gasteiger partial charge < -0.3 is 14.6 Å². The molecule has 4 nitrogen and oxygen atoms in total. The Kier molecular flexibility index (Phi) is 5.64. The summed E-state index contributed by atoms with van der Waals surface area (Å²) in [5.74, 6) is 1.57. The van der Waals surface area contributed by atoms with Crippen LogP contribution in [0.25, 0.3) is 11.3 Å². The number of aryl methyl sites for hydroxylation is 1. The van der Waals surface area contributed by atoms with Crippen molar-refractivity contribution in [1.82, 2.24) is 10.5 Å². The van der Waals surface area contributed by atoms with Gasteiger partial charge in [-0.3, -0.25) is 0 Å². The maximum absolute atomic E-state index is 5.98. The highest BCUT2D eigenvalue weighted by atomic mass is 16.5. The van der Waals surface area contributed by atoms with Crippen molar-refractivity contribution in [2.75, 3.05) is 13.7 Å². The number of nitrogens with zero attached hydrogens (tertiary/aromatic N) is 1. The Hall–Kier alpha value is -2.59. The molecule has 1 aromatic heterocycles. The third-order valence-corrected chi connectivity index (χ3v) is 3.78. The van der Waals surface area contributed by atoms with Gasteiger partial charge >= 0.3 is 0 Å². The van der Waals surface area contributed by atoms with Gasteiger partial charge in [0.1, 0.15) is 5.75 Å². The van der Waals surface area contributed by atoms with E-state index < -0.39 is 0 Å². The largest absolute Gasteiger partial charge is 0.493 e. The van der Waals surface area contributed by atoms with Gasteiger partial charge in [-0.25, -0.2) is 0 Å². The van der Waals surface area contributed by atoms with E-state index in [1.54, 1.807) is 0 Å². The first kappa shape index (κ1) is 16.3. The average Bonchev–Trinajstić information content (AvgIpc) is 3.09. The van der Waals surface area contributed by atoms with Crippen LogP contribution < -0.4 is 10.1 Å². The number of hydrogen-bond acceptors (Lipinski definition) is 4. The van der Waals surface area contributed by atoms with E-state index in [2.05, 4.69) is 34.7 Å². The van der Waals surface area contributed by atoms with Gasteiger partial charge in [0.15, 0.2) is 5.76 Å². The topological polar surface area (TPSA) is 47.3 Å². The Morgan fingerprint density at radius 1 is 1.04 bits per heavy atom. The predicted molar refractivity (Wildman–Crippen MR) is 95.0 cm³/mol.